The van der Waals surface area contributed by atoms with Gasteiger partial charge in [0.15, 0.2) is 0 Å². The molecule has 3 heterocycles. The number of rotatable bonds is 3. The van der Waals surface area contributed by atoms with Gasteiger partial charge in [-0.25, -0.2) is 9.97 Å². The molecule has 1 amide bonds. The summed E-state index contributed by atoms with van der Waals surface area (Å²) in [6.45, 7) is 4.16. The molecule has 0 N–H and O–H groups in total. The fourth-order valence-corrected chi connectivity index (χ4v) is 3.17. The molecule has 0 saturated carbocycles. The number of hydrogen-bond acceptors (Lipinski definition) is 4. The van der Waals surface area contributed by atoms with Crippen molar-refractivity contribution in [3.05, 3.63) is 41.5 Å². The molecule has 140 valence electrons. The molecule has 0 unspecified atom stereocenters. The second-order valence-corrected chi connectivity index (χ2v) is 6.31. The first kappa shape index (κ1) is 18.2. The smallest absolute Gasteiger partial charge is 0.339 e. The molecular formula is C17H20F3N5O. The van der Waals surface area contributed by atoms with Crippen LogP contribution < -0.4 is 4.90 Å². The minimum absolute atomic E-state index is 0.236. The van der Waals surface area contributed by atoms with Crippen LogP contribution in [0.25, 0.3) is 0 Å². The van der Waals surface area contributed by atoms with E-state index in [-0.39, 0.29) is 5.91 Å². The number of piperazine rings is 1. The van der Waals surface area contributed by atoms with Crippen LogP contribution in [-0.4, -0.2) is 57.7 Å². The van der Waals surface area contributed by atoms with Crippen LogP contribution in [0, 0.1) is 13.8 Å². The van der Waals surface area contributed by atoms with E-state index in [4.69, 9.17) is 0 Å². The van der Waals surface area contributed by atoms with Crippen molar-refractivity contribution in [1.29, 1.82) is 0 Å². The maximum absolute atomic E-state index is 12.8. The maximum atomic E-state index is 12.8. The minimum Gasteiger partial charge on any atom is -0.339 e. The summed E-state index contributed by atoms with van der Waals surface area (Å²) in [6.07, 6.45) is -0.999. The van der Waals surface area contributed by atoms with E-state index >= 15 is 0 Å². The average Bonchev–Trinajstić information content (AvgIpc) is 2.89. The Morgan fingerprint density at radius 1 is 1.12 bits per heavy atom. The van der Waals surface area contributed by atoms with Gasteiger partial charge in [0.05, 0.1) is 5.56 Å². The van der Waals surface area contributed by atoms with E-state index in [2.05, 4.69) is 9.97 Å². The first-order valence-electron chi connectivity index (χ1n) is 8.31. The zero-order valence-corrected chi connectivity index (χ0v) is 14.6. The summed E-state index contributed by atoms with van der Waals surface area (Å²) < 4.78 is 39.4. The predicted octanol–water partition coefficient (Wildman–Crippen LogP) is 2.42. The molecule has 0 bridgehead atoms. The van der Waals surface area contributed by atoms with Crippen LogP contribution in [0.1, 0.15) is 21.7 Å². The molecule has 0 radical (unpaired) electrons. The maximum Gasteiger partial charge on any atom is 0.406 e. The van der Waals surface area contributed by atoms with Crippen LogP contribution >= 0.6 is 0 Å². The van der Waals surface area contributed by atoms with Crippen LogP contribution in [0.4, 0.5) is 19.1 Å². The molecular weight excluding hydrogens is 347 g/mol. The molecule has 0 aliphatic carbocycles. The highest BCUT2D eigenvalue weighted by Gasteiger charge is 2.31. The molecule has 1 saturated heterocycles. The highest BCUT2D eigenvalue weighted by atomic mass is 19.4. The van der Waals surface area contributed by atoms with Gasteiger partial charge in [-0.2, -0.15) is 13.2 Å². The van der Waals surface area contributed by atoms with Gasteiger partial charge in [0.1, 0.15) is 6.54 Å². The van der Waals surface area contributed by atoms with Crippen molar-refractivity contribution in [2.24, 2.45) is 0 Å². The number of aromatic nitrogens is 3. The van der Waals surface area contributed by atoms with Crippen molar-refractivity contribution >= 4 is 11.9 Å². The van der Waals surface area contributed by atoms with Gasteiger partial charge in [-0.1, -0.05) is 0 Å². The Labute approximate surface area is 149 Å². The molecule has 26 heavy (non-hydrogen) atoms. The molecule has 3 rings (SSSR count). The SMILES string of the molecule is Cc1cc(C(=O)N2CCN(c3ncccn3)CC2)c(C)n1CC(F)(F)F. The minimum atomic E-state index is -4.32. The highest BCUT2D eigenvalue weighted by molar-refractivity contribution is 5.95. The summed E-state index contributed by atoms with van der Waals surface area (Å²) in [5.74, 6) is 0.378. The van der Waals surface area contributed by atoms with Crippen molar-refractivity contribution in [3.63, 3.8) is 0 Å². The van der Waals surface area contributed by atoms with Gasteiger partial charge in [0, 0.05) is 50.0 Å². The van der Waals surface area contributed by atoms with Gasteiger partial charge in [-0.3, -0.25) is 4.79 Å². The molecule has 9 heteroatoms. The largest absolute Gasteiger partial charge is 0.406 e. The Morgan fingerprint density at radius 2 is 1.73 bits per heavy atom. The molecule has 1 aliphatic heterocycles. The second-order valence-electron chi connectivity index (χ2n) is 6.31. The van der Waals surface area contributed by atoms with Crippen LogP contribution in [-0.2, 0) is 6.54 Å². The Bertz CT molecular complexity index is 780. The molecule has 0 atom stereocenters. The van der Waals surface area contributed by atoms with Gasteiger partial charge in [-0.05, 0) is 26.0 Å². The zero-order chi connectivity index (χ0) is 18.9. The van der Waals surface area contributed by atoms with E-state index in [0.717, 1.165) is 4.57 Å². The number of nitrogens with zero attached hydrogens (tertiary/aromatic N) is 5. The number of carbonyl (C=O) groups is 1. The zero-order valence-electron chi connectivity index (χ0n) is 14.6. The number of alkyl halides is 3. The van der Waals surface area contributed by atoms with E-state index in [1.165, 1.54) is 6.07 Å². The first-order chi connectivity index (χ1) is 12.3. The quantitative estimate of drug-likeness (QED) is 0.836. The van der Waals surface area contributed by atoms with E-state index in [0.29, 0.717) is 49.1 Å². The van der Waals surface area contributed by atoms with Crippen LogP contribution in [0.5, 0.6) is 0 Å². The topological polar surface area (TPSA) is 54.3 Å². The summed E-state index contributed by atoms with van der Waals surface area (Å²) in [7, 11) is 0. The average molecular weight is 367 g/mol. The van der Waals surface area contributed by atoms with Gasteiger partial charge in [-0.15, -0.1) is 0 Å². The van der Waals surface area contributed by atoms with Crippen molar-refractivity contribution in [2.75, 3.05) is 31.1 Å². The Hall–Kier alpha value is -2.58. The van der Waals surface area contributed by atoms with E-state index < -0.39 is 12.7 Å². The van der Waals surface area contributed by atoms with Gasteiger partial charge in [0.25, 0.3) is 5.91 Å². The van der Waals surface area contributed by atoms with E-state index in [9.17, 15) is 18.0 Å². The summed E-state index contributed by atoms with van der Waals surface area (Å²) in [5, 5.41) is 0. The summed E-state index contributed by atoms with van der Waals surface area (Å²) >= 11 is 0. The molecule has 6 nitrogen and oxygen atoms in total. The van der Waals surface area contributed by atoms with Crippen molar-refractivity contribution in [3.8, 4) is 0 Å². The predicted molar refractivity (Wildman–Crippen MR) is 90.1 cm³/mol. The molecule has 0 aromatic carbocycles. The molecule has 2 aromatic heterocycles. The van der Waals surface area contributed by atoms with E-state index in [1.807, 2.05) is 4.90 Å². The summed E-state index contributed by atoms with van der Waals surface area (Å²) in [4.78, 5) is 24.8. The van der Waals surface area contributed by atoms with Gasteiger partial charge >= 0.3 is 6.18 Å². The first-order valence-corrected chi connectivity index (χ1v) is 8.31. The lowest BCUT2D eigenvalue weighted by atomic mass is 10.2. The third-order valence-electron chi connectivity index (χ3n) is 4.54. The second kappa shape index (κ2) is 6.97. The lowest BCUT2D eigenvalue weighted by Crippen LogP contribution is -2.49. The molecule has 1 fully saturated rings. The lowest BCUT2D eigenvalue weighted by Gasteiger charge is -2.34. The van der Waals surface area contributed by atoms with Gasteiger partial charge in [0.2, 0.25) is 5.95 Å². The number of carbonyl (C=O) groups excluding carboxylic acids is 1. The van der Waals surface area contributed by atoms with Crippen molar-refractivity contribution < 1.29 is 18.0 Å². The lowest BCUT2D eigenvalue weighted by molar-refractivity contribution is -0.141. The fourth-order valence-electron chi connectivity index (χ4n) is 3.17. The number of halogens is 3. The number of hydrogen-bond donors (Lipinski definition) is 0. The van der Waals surface area contributed by atoms with Crippen LogP contribution in [0.15, 0.2) is 24.5 Å². The standard InChI is InChI=1S/C17H20F3N5O/c1-12-10-14(13(2)25(12)11-17(18,19)20)15(26)23-6-8-24(9-7-23)16-21-4-3-5-22-16/h3-5,10H,6-9,11H2,1-2H3. The number of amides is 1. The Morgan fingerprint density at radius 3 is 2.31 bits per heavy atom. The Balaban J connectivity index is 1.70. The third kappa shape index (κ3) is 3.81. The highest BCUT2D eigenvalue weighted by Crippen LogP contribution is 2.24. The fraction of sp³-hybridized carbons (Fsp3) is 0.471. The molecule has 0 spiro atoms. The Kier molecular flexibility index (Phi) is 4.88. The monoisotopic (exact) mass is 367 g/mol. The van der Waals surface area contributed by atoms with Gasteiger partial charge < -0.3 is 14.4 Å². The van der Waals surface area contributed by atoms with Crippen LogP contribution in [0.3, 0.4) is 0 Å². The number of anilines is 1. The third-order valence-corrected chi connectivity index (χ3v) is 4.54. The molecule has 2 aromatic rings. The summed E-state index contributed by atoms with van der Waals surface area (Å²) in [6, 6.07) is 3.27. The van der Waals surface area contributed by atoms with Crippen molar-refractivity contribution in [1.82, 2.24) is 19.4 Å². The molecule has 1 aliphatic rings. The van der Waals surface area contributed by atoms with E-state index in [1.54, 1.807) is 37.2 Å². The van der Waals surface area contributed by atoms with Crippen molar-refractivity contribution in [2.45, 2.75) is 26.6 Å². The van der Waals surface area contributed by atoms with Crippen LogP contribution in [0.2, 0.25) is 0 Å². The normalized spacial score (nSPS) is 15.4. The number of aryl methyl sites for hydroxylation is 1. The summed E-state index contributed by atoms with van der Waals surface area (Å²) in [5.41, 5.74) is 1.11.